The number of aliphatic hydroxyl groups is 11. The van der Waals surface area contributed by atoms with Crippen LogP contribution in [-0.4, -0.2) is 217 Å². The van der Waals surface area contributed by atoms with E-state index < -0.39 is 199 Å². The Kier molecular flexibility index (Phi) is 22.4. The molecule has 5 aliphatic carbocycles. The van der Waals surface area contributed by atoms with Crippen molar-refractivity contribution < 1.29 is 113 Å². The number of allylic oxidation sites excluding steroid dienone is 4. The standard InChI is InChI=1S/C66H106O23/c1-14-16-26-81-57(80)51-49(86-58-46(74)44(72)38(30-68)83-58)48(76)50(87-59-47(75)45(73)43(71)37(29-67)82-59)60(88-51)84-41-23-24-63(11)39(62(41,9)10)22-25-64(12)40(63)21-20-35-36-28-61(7,8)54(85-42(70)27-33(5)19-17-18-32(3)4)55(89-56(79)34(6)15-2)66(36,31-69)53(78)52(77)65(35,64)13/h18,20,27,34,36-41,43-55,58-60,67-69,71-78H,14-17,19,21-26,28-31H2,1-13H3. The van der Waals surface area contributed by atoms with Crippen LogP contribution in [0, 0.1) is 56.2 Å². The number of hydrogen-bond acceptors (Lipinski definition) is 23. The zero-order valence-corrected chi connectivity index (χ0v) is 54.4. The minimum atomic E-state index is -1.99. The number of carbonyl (C=O) groups is 3. The van der Waals surface area contributed by atoms with Gasteiger partial charge in [0.15, 0.2) is 31.1 Å². The van der Waals surface area contributed by atoms with Gasteiger partial charge in [-0.1, -0.05) is 105 Å². The van der Waals surface area contributed by atoms with E-state index >= 15 is 0 Å². The van der Waals surface area contributed by atoms with Crippen molar-refractivity contribution >= 4 is 17.9 Å². The van der Waals surface area contributed by atoms with Crippen molar-refractivity contribution in [2.75, 3.05) is 26.4 Å². The summed E-state index contributed by atoms with van der Waals surface area (Å²) in [6.45, 7) is 23.5. The molecule has 0 bridgehead atoms. The molecule has 3 heterocycles. The Morgan fingerprint density at radius 3 is 1.92 bits per heavy atom. The summed E-state index contributed by atoms with van der Waals surface area (Å²) < 4.78 is 55.8. The van der Waals surface area contributed by atoms with E-state index in [1.54, 1.807) is 6.92 Å². The molecular weight excluding hydrogens is 1160 g/mol. The highest BCUT2D eigenvalue weighted by Gasteiger charge is 2.76. The average Bonchev–Trinajstić information content (AvgIpc) is 0.907. The predicted molar refractivity (Wildman–Crippen MR) is 318 cm³/mol. The van der Waals surface area contributed by atoms with Gasteiger partial charge in [0.1, 0.15) is 67.1 Å². The zero-order valence-electron chi connectivity index (χ0n) is 54.4. The second kappa shape index (κ2) is 27.7. The van der Waals surface area contributed by atoms with Gasteiger partial charge in [0.05, 0.1) is 56.1 Å². The van der Waals surface area contributed by atoms with E-state index in [9.17, 15) is 70.6 Å². The van der Waals surface area contributed by atoms with Crippen molar-refractivity contribution in [2.45, 2.75) is 277 Å². The maximum atomic E-state index is 14.2. The Bertz CT molecular complexity index is 2570. The number of aliphatic hydroxyl groups excluding tert-OH is 11. The van der Waals surface area contributed by atoms with Gasteiger partial charge in [-0.25, -0.2) is 9.59 Å². The third-order valence-electron chi connectivity index (χ3n) is 23.1. The molecule has 8 aliphatic rings. The smallest absolute Gasteiger partial charge is 0.338 e. The van der Waals surface area contributed by atoms with Gasteiger partial charge in [-0.2, -0.15) is 0 Å². The van der Waals surface area contributed by atoms with Crippen LogP contribution >= 0.6 is 0 Å². The molecule has 508 valence electrons. The lowest BCUT2D eigenvalue weighted by Crippen LogP contribution is -2.76. The quantitative estimate of drug-likeness (QED) is 0.0196. The molecule has 8 rings (SSSR count). The molecule has 0 amide bonds. The third kappa shape index (κ3) is 12.8. The number of ether oxygens (including phenoxy) is 9. The first kappa shape index (κ1) is 71.8. The van der Waals surface area contributed by atoms with E-state index in [-0.39, 0.29) is 18.4 Å². The Morgan fingerprint density at radius 2 is 1.33 bits per heavy atom. The summed E-state index contributed by atoms with van der Waals surface area (Å²) >= 11 is 0. The highest BCUT2D eigenvalue weighted by atomic mass is 16.8. The van der Waals surface area contributed by atoms with E-state index in [1.807, 2.05) is 55.4 Å². The van der Waals surface area contributed by atoms with Crippen LogP contribution in [0.3, 0.4) is 0 Å². The molecule has 0 aromatic rings. The fourth-order valence-electron chi connectivity index (χ4n) is 17.4. The van der Waals surface area contributed by atoms with E-state index in [0.29, 0.717) is 64.2 Å². The summed E-state index contributed by atoms with van der Waals surface area (Å²) in [5, 5.41) is 125. The minimum absolute atomic E-state index is 0.0493. The summed E-state index contributed by atoms with van der Waals surface area (Å²) in [5.74, 6) is -3.69. The molecule has 3 saturated heterocycles. The lowest BCUT2D eigenvalue weighted by Gasteiger charge is -2.73. The van der Waals surface area contributed by atoms with Crippen molar-refractivity contribution in [3.8, 4) is 0 Å². The second-order valence-electron chi connectivity index (χ2n) is 29.4. The Hall–Kier alpha value is -3.05. The number of fused-ring (bicyclic) bond motifs is 7. The highest BCUT2D eigenvalue weighted by molar-refractivity contribution is 5.83. The summed E-state index contributed by atoms with van der Waals surface area (Å²) in [6.07, 6.45) is -19.4. The van der Waals surface area contributed by atoms with Crippen molar-refractivity contribution in [3.63, 3.8) is 0 Å². The first-order valence-corrected chi connectivity index (χ1v) is 32.5. The molecule has 0 aromatic heterocycles. The number of unbranched alkanes of at least 4 members (excludes halogenated alkanes) is 1. The van der Waals surface area contributed by atoms with Gasteiger partial charge in [0.2, 0.25) is 0 Å². The van der Waals surface area contributed by atoms with E-state index in [2.05, 4.69) is 39.8 Å². The van der Waals surface area contributed by atoms with Crippen LogP contribution < -0.4 is 0 Å². The van der Waals surface area contributed by atoms with Gasteiger partial charge in [-0.15, -0.1) is 0 Å². The van der Waals surface area contributed by atoms with Gasteiger partial charge < -0.3 is 98.8 Å². The third-order valence-corrected chi connectivity index (χ3v) is 23.1. The first-order chi connectivity index (χ1) is 41.7. The maximum absolute atomic E-state index is 14.2. The number of esters is 3. The fraction of sp³-hybridized carbons (Fsp3) is 0.864. The molecule has 0 spiro atoms. The van der Waals surface area contributed by atoms with Crippen molar-refractivity contribution in [2.24, 2.45) is 56.2 Å². The van der Waals surface area contributed by atoms with Crippen LogP contribution in [-0.2, 0) is 57.0 Å². The number of hydrogen-bond donors (Lipinski definition) is 11. The molecule has 27 atom stereocenters. The fourth-order valence-corrected chi connectivity index (χ4v) is 17.4. The minimum Gasteiger partial charge on any atom is -0.464 e. The van der Waals surface area contributed by atoms with E-state index in [1.165, 1.54) is 6.08 Å². The molecule has 23 nitrogen and oxygen atoms in total. The molecule has 89 heavy (non-hydrogen) atoms. The summed E-state index contributed by atoms with van der Waals surface area (Å²) in [5.41, 5.74) is -2.87. The van der Waals surface area contributed by atoms with E-state index in [0.717, 1.165) is 23.1 Å². The van der Waals surface area contributed by atoms with Crippen LogP contribution in [0.5, 0.6) is 0 Å². The summed E-state index contributed by atoms with van der Waals surface area (Å²) in [7, 11) is 0. The Labute approximate surface area is 524 Å². The molecule has 11 N–H and O–H groups in total. The first-order valence-electron chi connectivity index (χ1n) is 32.5. The van der Waals surface area contributed by atoms with Crippen LogP contribution in [0.25, 0.3) is 0 Å². The number of rotatable bonds is 21. The molecule has 27 unspecified atom stereocenters. The topological polar surface area (TPSA) is 357 Å². The highest BCUT2D eigenvalue weighted by Crippen LogP contribution is 2.76. The summed E-state index contributed by atoms with van der Waals surface area (Å²) in [4.78, 5) is 42.3. The normalized spacial score (nSPS) is 45.3. The summed E-state index contributed by atoms with van der Waals surface area (Å²) in [6, 6.07) is 0. The van der Waals surface area contributed by atoms with Crippen LogP contribution in [0.1, 0.15) is 161 Å². The van der Waals surface area contributed by atoms with Crippen molar-refractivity contribution in [1.29, 1.82) is 0 Å². The molecule has 7 fully saturated rings. The Morgan fingerprint density at radius 1 is 0.708 bits per heavy atom. The van der Waals surface area contributed by atoms with Crippen LogP contribution in [0.2, 0.25) is 0 Å². The molecule has 23 heteroatoms. The van der Waals surface area contributed by atoms with Crippen molar-refractivity contribution in [1.82, 2.24) is 0 Å². The molecular formula is C66H106O23. The van der Waals surface area contributed by atoms with Gasteiger partial charge in [0.25, 0.3) is 0 Å². The second-order valence-corrected chi connectivity index (χ2v) is 29.4. The van der Waals surface area contributed by atoms with Crippen LogP contribution in [0.4, 0.5) is 0 Å². The molecule has 3 aliphatic heterocycles. The lowest BCUT2D eigenvalue weighted by molar-refractivity contribution is -0.383. The lowest BCUT2D eigenvalue weighted by atomic mass is 9.32. The van der Waals surface area contributed by atoms with E-state index in [4.69, 9.17) is 42.6 Å². The molecule has 0 aromatic carbocycles. The maximum Gasteiger partial charge on any atom is 0.338 e. The Balaban J connectivity index is 1.13. The average molecular weight is 1270 g/mol. The van der Waals surface area contributed by atoms with Gasteiger partial charge in [-0.3, -0.25) is 4.79 Å². The van der Waals surface area contributed by atoms with Crippen LogP contribution in [0.15, 0.2) is 34.9 Å². The van der Waals surface area contributed by atoms with Gasteiger partial charge >= 0.3 is 17.9 Å². The molecule has 4 saturated carbocycles. The largest absolute Gasteiger partial charge is 0.464 e. The van der Waals surface area contributed by atoms with Gasteiger partial charge in [-0.05, 0) is 119 Å². The predicted octanol–water partition coefficient (Wildman–Crippen LogP) is 3.33. The van der Waals surface area contributed by atoms with Gasteiger partial charge in [0, 0.05) is 16.9 Å². The zero-order chi connectivity index (χ0) is 65.8. The monoisotopic (exact) mass is 1270 g/mol. The number of carbonyl (C=O) groups excluding carboxylic acids is 3. The SMILES string of the molecule is CCCCOC(=O)C1OC(OC2CCC3(C)C(CCC4(C)C3CC=C3C5CC(C)(C)C(OC(=O)C=C(C)CCC=C(C)C)C(OC(=O)C(C)CC)C5(CO)C(O)C(O)C34C)C2(C)C)C(OC2OC(CO)C(O)C(O)C2O)C(O)C1OC1OC(CO)C(O)C1O. The molecule has 0 radical (unpaired) electrons. The van der Waals surface area contributed by atoms with Crippen molar-refractivity contribution in [3.05, 3.63) is 34.9 Å².